The third-order valence-corrected chi connectivity index (χ3v) is 3.95. The standard InChI is InChI=1S/C13H20BN5O/c1-14(20)18-8-10-3-6-19(7-4-10)13-11-2-5-15-12(11)16-9-17-13/h2,5,9-10,18,20H,3-4,6-8H2,1H3,(H,15,16,17). The number of hydrogen-bond acceptors (Lipinski definition) is 5. The van der Waals surface area contributed by atoms with Gasteiger partial charge in [-0.25, -0.2) is 9.97 Å². The third-order valence-electron chi connectivity index (χ3n) is 3.95. The number of piperidine rings is 1. The number of nitrogens with zero attached hydrogens (tertiary/aromatic N) is 3. The summed E-state index contributed by atoms with van der Waals surface area (Å²) in [5, 5.41) is 13.5. The van der Waals surface area contributed by atoms with E-state index in [-0.39, 0.29) is 0 Å². The van der Waals surface area contributed by atoms with Crippen molar-refractivity contribution in [1.82, 2.24) is 20.2 Å². The van der Waals surface area contributed by atoms with Crippen LogP contribution >= 0.6 is 0 Å². The number of anilines is 1. The van der Waals surface area contributed by atoms with E-state index < -0.39 is 7.05 Å². The highest BCUT2D eigenvalue weighted by Crippen LogP contribution is 2.26. The number of aromatic amines is 1. The summed E-state index contributed by atoms with van der Waals surface area (Å²) < 4.78 is 0. The van der Waals surface area contributed by atoms with Gasteiger partial charge in [-0.1, -0.05) is 0 Å². The first-order valence-corrected chi connectivity index (χ1v) is 7.18. The van der Waals surface area contributed by atoms with Gasteiger partial charge in [0.15, 0.2) is 0 Å². The summed E-state index contributed by atoms with van der Waals surface area (Å²) in [6, 6.07) is 2.03. The molecule has 0 aliphatic carbocycles. The van der Waals surface area contributed by atoms with Crippen LogP contribution in [0.4, 0.5) is 5.82 Å². The Bertz CT molecular complexity index is 565. The van der Waals surface area contributed by atoms with Crippen molar-refractivity contribution in [3.05, 3.63) is 18.6 Å². The van der Waals surface area contributed by atoms with E-state index in [0.717, 1.165) is 49.3 Å². The van der Waals surface area contributed by atoms with Crippen molar-refractivity contribution in [3.8, 4) is 0 Å². The van der Waals surface area contributed by atoms with Gasteiger partial charge in [-0.05, 0) is 38.2 Å². The first-order chi connectivity index (χ1) is 9.74. The molecule has 1 aliphatic heterocycles. The molecule has 0 unspecified atom stereocenters. The number of aromatic nitrogens is 3. The zero-order chi connectivity index (χ0) is 13.9. The third kappa shape index (κ3) is 2.78. The van der Waals surface area contributed by atoms with Crippen LogP contribution in [0.1, 0.15) is 12.8 Å². The summed E-state index contributed by atoms with van der Waals surface area (Å²) in [5.41, 5.74) is 0.896. The van der Waals surface area contributed by atoms with E-state index in [0.29, 0.717) is 5.92 Å². The molecule has 0 aromatic carbocycles. The Balaban J connectivity index is 1.65. The molecule has 6 nitrogen and oxygen atoms in total. The van der Waals surface area contributed by atoms with Gasteiger partial charge < -0.3 is 20.1 Å². The average Bonchev–Trinajstić information content (AvgIpc) is 2.94. The normalized spacial score (nSPS) is 16.8. The molecule has 3 rings (SSSR count). The Hall–Kier alpha value is -1.60. The first-order valence-electron chi connectivity index (χ1n) is 7.18. The van der Waals surface area contributed by atoms with Gasteiger partial charge in [-0.3, -0.25) is 0 Å². The van der Waals surface area contributed by atoms with Crippen LogP contribution in [0.2, 0.25) is 6.82 Å². The van der Waals surface area contributed by atoms with Gasteiger partial charge in [0.05, 0.1) is 5.39 Å². The topological polar surface area (TPSA) is 77.1 Å². The lowest BCUT2D eigenvalue weighted by atomic mass is 9.86. The Morgan fingerprint density at radius 3 is 3.00 bits per heavy atom. The van der Waals surface area contributed by atoms with Crippen LogP contribution in [0.3, 0.4) is 0 Å². The van der Waals surface area contributed by atoms with Crippen molar-refractivity contribution in [2.45, 2.75) is 19.7 Å². The lowest BCUT2D eigenvalue weighted by Crippen LogP contribution is -2.41. The molecule has 3 N–H and O–H groups in total. The summed E-state index contributed by atoms with van der Waals surface area (Å²) in [7, 11) is -0.422. The van der Waals surface area contributed by atoms with Gasteiger partial charge in [0.25, 0.3) is 0 Å². The molecule has 2 aromatic rings. The van der Waals surface area contributed by atoms with Crippen LogP contribution in [-0.2, 0) is 0 Å². The van der Waals surface area contributed by atoms with Gasteiger partial charge in [0, 0.05) is 19.3 Å². The first kappa shape index (κ1) is 13.4. The molecule has 0 saturated carbocycles. The zero-order valence-electron chi connectivity index (χ0n) is 11.7. The van der Waals surface area contributed by atoms with E-state index >= 15 is 0 Å². The second-order valence-electron chi connectivity index (χ2n) is 5.45. The molecule has 0 atom stereocenters. The van der Waals surface area contributed by atoms with Crippen molar-refractivity contribution in [2.24, 2.45) is 5.92 Å². The molecule has 20 heavy (non-hydrogen) atoms. The molecule has 1 saturated heterocycles. The predicted molar refractivity (Wildman–Crippen MR) is 80.7 cm³/mol. The minimum absolute atomic E-state index is 0.422. The number of nitrogens with one attached hydrogen (secondary N) is 2. The van der Waals surface area contributed by atoms with Crippen molar-refractivity contribution < 1.29 is 5.02 Å². The van der Waals surface area contributed by atoms with Gasteiger partial charge in [0.1, 0.15) is 17.8 Å². The highest BCUT2D eigenvalue weighted by atomic mass is 16.2. The van der Waals surface area contributed by atoms with E-state index in [9.17, 15) is 5.02 Å². The Labute approximate surface area is 118 Å². The van der Waals surface area contributed by atoms with Crippen LogP contribution < -0.4 is 10.1 Å². The lowest BCUT2D eigenvalue weighted by Gasteiger charge is -2.33. The second kappa shape index (κ2) is 5.81. The van der Waals surface area contributed by atoms with Gasteiger partial charge in [0.2, 0.25) is 0 Å². The summed E-state index contributed by atoms with van der Waals surface area (Å²) in [6.07, 6.45) is 5.77. The van der Waals surface area contributed by atoms with Crippen LogP contribution in [-0.4, -0.2) is 46.7 Å². The highest BCUT2D eigenvalue weighted by molar-refractivity contribution is 6.45. The number of hydrogen-bond donors (Lipinski definition) is 3. The Morgan fingerprint density at radius 1 is 1.45 bits per heavy atom. The van der Waals surface area contributed by atoms with Crippen molar-refractivity contribution in [3.63, 3.8) is 0 Å². The summed E-state index contributed by atoms with van der Waals surface area (Å²) >= 11 is 0. The maximum absolute atomic E-state index is 9.27. The Morgan fingerprint density at radius 2 is 2.25 bits per heavy atom. The van der Waals surface area contributed by atoms with Crippen LogP contribution in [0.15, 0.2) is 18.6 Å². The van der Waals surface area contributed by atoms with E-state index in [2.05, 4.69) is 25.1 Å². The largest absolute Gasteiger partial charge is 0.437 e. The van der Waals surface area contributed by atoms with Gasteiger partial charge in [-0.15, -0.1) is 0 Å². The average molecular weight is 273 g/mol. The fourth-order valence-corrected chi connectivity index (χ4v) is 2.80. The Kier molecular flexibility index (Phi) is 3.89. The van der Waals surface area contributed by atoms with Crippen molar-refractivity contribution in [1.29, 1.82) is 0 Å². The molecule has 7 heteroatoms. The van der Waals surface area contributed by atoms with Crippen molar-refractivity contribution in [2.75, 3.05) is 24.5 Å². The van der Waals surface area contributed by atoms with E-state index in [4.69, 9.17) is 0 Å². The fraction of sp³-hybridized carbons (Fsp3) is 0.538. The van der Waals surface area contributed by atoms with Crippen LogP contribution in [0.25, 0.3) is 11.0 Å². The zero-order valence-corrected chi connectivity index (χ0v) is 11.7. The molecule has 0 amide bonds. The maximum atomic E-state index is 9.27. The molecule has 0 spiro atoms. The molecule has 0 bridgehead atoms. The minimum Gasteiger partial charge on any atom is -0.437 e. The van der Waals surface area contributed by atoms with Crippen LogP contribution in [0, 0.1) is 5.92 Å². The molecule has 1 fully saturated rings. The second-order valence-corrected chi connectivity index (χ2v) is 5.45. The highest BCUT2D eigenvalue weighted by Gasteiger charge is 2.22. The monoisotopic (exact) mass is 273 g/mol. The molecule has 0 radical (unpaired) electrons. The molecule has 3 heterocycles. The van der Waals surface area contributed by atoms with Gasteiger partial charge in [-0.2, -0.15) is 0 Å². The summed E-state index contributed by atoms with van der Waals surface area (Å²) in [4.78, 5) is 14.1. The molecule has 2 aromatic heterocycles. The van der Waals surface area contributed by atoms with Gasteiger partial charge >= 0.3 is 7.05 Å². The quantitative estimate of drug-likeness (QED) is 0.721. The molecule has 1 aliphatic rings. The van der Waals surface area contributed by atoms with Crippen molar-refractivity contribution >= 4 is 23.9 Å². The summed E-state index contributed by atoms with van der Waals surface area (Å²) in [5.74, 6) is 1.66. The minimum atomic E-state index is -0.422. The molecular weight excluding hydrogens is 253 g/mol. The number of fused-ring (bicyclic) bond motifs is 1. The SMILES string of the molecule is CB(O)NCC1CCN(c2ncnc3[nH]ccc23)CC1. The van der Waals surface area contributed by atoms with Crippen LogP contribution in [0.5, 0.6) is 0 Å². The van der Waals surface area contributed by atoms with E-state index in [1.165, 1.54) is 0 Å². The summed E-state index contributed by atoms with van der Waals surface area (Å²) in [6.45, 7) is 4.65. The lowest BCUT2D eigenvalue weighted by molar-refractivity contribution is 0.395. The predicted octanol–water partition coefficient (Wildman–Crippen LogP) is 0.874. The fourth-order valence-electron chi connectivity index (χ4n) is 2.80. The smallest absolute Gasteiger partial charge is 0.373 e. The van der Waals surface area contributed by atoms with E-state index in [1.807, 2.05) is 12.3 Å². The molecular formula is C13H20BN5O. The maximum Gasteiger partial charge on any atom is 0.373 e. The molecule has 106 valence electrons. The van der Waals surface area contributed by atoms with E-state index in [1.54, 1.807) is 13.2 Å². The number of H-pyrrole nitrogens is 1. The number of rotatable bonds is 4.